The summed E-state index contributed by atoms with van der Waals surface area (Å²) in [6.45, 7) is 0. The first-order chi connectivity index (χ1) is 3.29. The Balaban J connectivity index is 3.04. The molecule has 7 heavy (non-hydrogen) atoms. The van der Waals surface area contributed by atoms with E-state index in [-0.39, 0.29) is 0 Å². The van der Waals surface area contributed by atoms with Crippen LogP contribution in [0.4, 0.5) is 0 Å². The fourth-order valence-electron chi connectivity index (χ4n) is 0.405. The number of halogens is 1. The Bertz CT molecular complexity index is 144. The number of rotatable bonds is 0. The van der Waals surface area contributed by atoms with E-state index in [0.717, 1.165) is 0 Å². The molecule has 0 atom stereocenters. The Morgan fingerprint density at radius 1 is 1.57 bits per heavy atom. The molecule has 0 saturated carbocycles. The molecule has 0 aliphatic rings. The minimum atomic E-state index is 1.18. The summed E-state index contributed by atoms with van der Waals surface area (Å²) in [5, 5.41) is 0. The molecule has 0 amide bonds. The van der Waals surface area contributed by atoms with Crippen LogP contribution in [0.25, 0.3) is 0 Å². The molecule has 0 fully saturated rings. The quantitative estimate of drug-likeness (QED) is 0.534. The molecule has 1 aromatic rings. The molecule has 1 rings (SSSR count). The Hall–Kier alpha value is 1.18. The molecule has 0 unspecified atom stereocenters. The molecule has 0 aromatic carbocycles. The van der Waals surface area contributed by atoms with Gasteiger partial charge in [-0.15, -0.1) is 0 Å². The molecular weight excluding hydrogens is 183 g/mol. The van der Waals surface area contributed by atoms with Gasteiger partial charge >= 0.3 is 73.2 Å². The molecule has 0 aliphatic carbocycles. The van der Waals surface area contributed by atoms with Crippen LogP contribution in [0.3, 0.4) is 0 Å². The van der Waals surface area contributed by atoms with Crippen LogP contribution in [0.1, 0.15) is 0 Å². The second-order valence-electron chi connectivity index (χ2n) is 1.35. The van der Waals surface area contributed by atoms with E-state index in [1.807, 2.05) is 11.3 Å². The summed E-state index contributed by atoms with van der Waals surface area (Å²) < 4.78 is 2.74. The van der Waals surface area contributed by atoms with Gasteiger partial charge in [-0.05, 0) is 0 Å². The third-order valence-electron chi connectivity index (χ3n) is 0.708. The third kappa shape index (κ3) is 1.86. The topological polar surface area (TPSA) is 0 Å². The fourth-order valence-corrected chi connectivity index (χ4v) is 3.61. The van der Waals surface area contributed by atoms with Crippen molar-refractivity contribution in [3.63, 3.8) is 0 Å². The van der Waals surface area contributed by atoms with Crippen LogP contribution in [-0.4, -0.2) is 27.9 Å². The molecule has 0 saturated heterocycles. The Morgan fingerprint density at radius 2 is 2.29 bits per heavy atom. The second-order valence-corrected chi connectivity index (χ2v) is 5.82. The zero-order valence-corrected chi connectivity index (χ0v) is 8.34. The Morgan fingerprint density at radius 3 is 2.43 bits per heavy atom. The van der Waals surface area contributed by atoms with Gasteiger partial charge in [-0.1, -0.05) is 0 Å². The van der Waals surface area contributed by atoms with Crippen molar-refractivity contribution in [2.45, 2.75) is 0 Å². The minimum absolute atomic E-state index is 1.18. The van der Waals surface area contributed by atoms with Crippen LogP contribution in [0.15, 0.2) is 15.9 Å². The van der Waals surface area contributed by atoms with Gasteiger partial charge < -0.3 is 0 Å². The molecule has 0 bridgehead atoms. The molecule has 0 aliphatic heterocycles. The number of hydrogen-bond donors (Lipinski definition) is 0. The second kappa shape index (κ2) is 2.65. The molecule has 0 nitrogen and oxygen atoms in total. The summed E-state index contributed by atoms with van der Waals surface area (Å²) in [6, 6.07) is 4.24. The van der Waals surface area contributed by atoms with Crippen LogP contribution in [0.2, 0.25) is 0 Å². The van der Waals surface area contributed by atoms with E-state index >= 15 is 0 Å². The average molecular weight is 185 g/mol. The van der Waals surface area contributed by atoms with Gasteiger partial charge in [-0.3, -0.25) is 0 Å². The van der Waals surface area contributed by atoms with Gasteiger partial charge in [0.1, 0.15) is 0 Å². The van der Waals surface area contributed by atoms with Gasteiger partial charge in [0.2, 0.25) is 0 Å². The summed E-state index contributed by atoms with van der Waals surface area (Å²) in [7, 11) is 0. The molecule has 0 N–H and O–H groups in total. The van der Waals surface area contributed by atoms with E-state index in [2.05, 4.69) is 28.1 Å². The average Bonchev–Trinajstić information content (AvgIpc) is 1.87. The van der Waals surface area contributed by atoms with Crippen molar-refractivity contribution in [3.8, 4) is 0 Å². The summed E-state index contributed by atoms with van der Waals surface area (Å²) >= 11 is 6.38. The van der Waals surface area contributed by atoms with Crippen molar-refractivity contribution in [1.29, 1.82) is 0 Å². The van der Waals surface area contributed by atoms with Crippen molar-refractivity contribution < 1.29 is 0 Å². The standard InChI is InChI=1S/C4H2BrS.Na/c5-4-2-1-3-6-4;/h1-2H;. The summed E-state index contributed by atoms with van der Waals surface area (Å²) in [5.74, 6) is 0. The maximum atomic E-state index is 3.37. The molecule has 1 heterocycles. The molecule has 3 heteroatoms. The first-order valence-electron chi connectivity index (χ1n) is 2.01. The van der Waals surface area contributed by atoms with Crippen LogP contribution in [0.5, 0.6) is 0 Å². The predicted octanol–water partition coefficient (Wildman–Crippen LogP) is 1.30. The van der Waals surface area contributed by atoms with Crippen LogP contribution >= 0.6 is 27.3 Å². The zero-order valence-electron chi connectivity index (χ0n) is 3.94. The van der Waals surface area contributed by atoms with Crippen LogP contribution < -0.4 is 2.13 Å². The van der Waals surface area contributed by atoms with Crippen molar-refractivity contribution in [3.05, 3.63) is 15.9 Å². The van der Waals surface area contributed by atoms with Gasteiger partial charge in [-0.2, -0.15) is 0 Å². The Kier molecular flexibility index (Phi) is 2.38. The fraction of sp³-hybridized carbons (Fsp3) is 0. The SMILES string of the molecule is [Na][c]1ccc(Br)s1. The van der Waals surface area contributed by atoms with Crippen molar-refractivity contribution in [2.75, 3.05) is 0 Å². The van der Waals surface area contributed by atoms with Crippen molar-refractivity contribution >= 4 is 57.3 Å². The normalized spacial score (nSPS) is 9.57. The van der Waals surface area contributed by atoms with E-state index in [4.69, 9.17) is 0 Å². The molecule has 32 valence electrons. The van der Waals surface area contributed by atoms with E-state index in [1.54, 1.807) is 0 Å². The van der Waals surface area contributed by atoms with Crippen molar-refractivity contribution in [1.82, 2.24) is 0 Å². The van der Waals surface area contributed by atoms with E-state index in [9.17, 15) is 0 Å². The summed E-state index contributed by atoms with van der Waals surface area (Å²) in [4.78, 5) is 0. The van der Waals surface area contributed by atoms with Gasteiger partial charge in [-0.25, -0.2) is 0 Å². The molecule has 0 spiro atoms. The van der Waals surface area contributed by atoms with E-state index in [0.29, 0.717) is 0 Å². The van der Waals surface area contributed by atoms with Gasteiger partial charge in [0.15, 0.2) is 0 Å². The van der Waals surface area contributed by atoms with E-state index in [1.165, 1.54) is 33.8 Å². The van der Waals surface area contributed by atoms with Gasteiger partial charge in [0.05, 0.1) is 0 Å². The number of hydrogen-bond acceptors (Lipinski definition) is 1. The van der Waals surface area contributed by atoms with Crippen LogP contribution in [-0.2, 0) is 0 Å². The Labute approximate surface area is 72.5 Å². The third-order valence-corrected chi connectivity index (χ3v) is 3.19. The zero-order chi connectivity index (χ0) is 5.28. The molecular formula is C4H2BrNaS. The molecule has 0 radical (unpaired) electrons. The predicted molar refractivity (Wildman–Crippen MR) is 37.4 cm³/mol. The van der Waals surface area contributed by atoms with Crippen molar-refractivity contribution in [2.24, 2.45) is 0 Å². The van der Waals surface area contributed by atoms with Crippen LogP contribution in [0, 0.1) is 0 Å². The monoisotopic (exact) mass is 184 g/mol. The summed E-state index contributed by atoms with van der Waals surface area (Å²) in [6.07, 6.45) is 0. The van der Waals surface area contributed by atoms with Gasteiger partial charge in [0.25, 0.3) is 0 Å². The first-order valence-corrected chi connectivity index (χ1v) is 4.62. The molecule has 1 aromatic heterocycles. The first kappa shape index (κ1) is 6.30. The summed E-state index contributed by atoms with van der Waals surface area (Å²) in [5.41, 5.74) is 0. The number of thiophene rings is 1. The maximum absolute atomic E-state index is 3.37. The van der Waals surface area contributed by atoms with Gasteiger partial charge in [0, 0.05) is 0 Å². The van der Waals surface area contributed by atoms with E-state index < -0.39 is 0 Å².